The van der Waals surface area contributed by atoms with Gasteiger partial charge in [-0.1, -0.05) is 36.8 Å². The fourth-order valence-electron chi connectivity index (χ4n) is 3.60. The molecule has 1 unspecified atom stereocenters. The number of rotatable bonds is 3. The first-order chi connectivity index (χ1) is 11.0. The maximum absolute atomic E-state index is 12.8. The molecule has 3 rings (SSSR count). The Balaban J connectivity index is 2.01. The van der Waals surface area contributed by atoms with Gasteiger partial charge in [0.1, 0.15) is 0 Å². The topological polar surface area (TPSA) is 61.4 Å². The first-order valence-corrected chi connectivity index (χ1v) is 8.37. The van der Waals surface area contributed by atoms with Gasteiger partial charge in [-0.3, -0.25) is 9.59 Å². The molecule has 0 aromatic heterocycles. The van der Waals surface area contributed by atoms with Crippen molar-refractivity contribution in [3.63, 3.8) is 0 Å². The Morgan fingerprint density at radius 1 is 1.17 bits per heavy atom. The van der Waals surface area contributed by atoms with Gasteiger partial charge in [0.15, 0.2) is 10.5 Å². The van der Waals surface area contributed by atoms with Crippen molar-refractivity contribution in [1.29, 1.82) is 0 Å². The smallest absolute Gasteiger partial charge is 0.246 e. The molecular weight excluding hydrogens is 310 g/mol. The molecule has 1 atom stereocenters. The number of hydrogen-bond donors (Lipinski definition) is 2. The van der Waals surface area contributed by atoms with Gasteiger partial charge in [-0.05, 0) is 50.6 Å². The summed E-state index contributed by atoms with van der Waals surface area (Å²) >= 11 is 4.97. The Morgan fingerprint density at radius 3 is 2.43 bits per heavy atom. The molecule has 0 saturated carbocycles. The van der Waals surface area contributed by atoms with Crippen LogP contribution in [0, 0.1) is 0 Å². The van der Waals surface area contributed by atoms with E-state index in [1.54, 1.807) is 0 Å². The molecule has 2 N–H and O–H groups in total. The molecule has 122 valence electrons. The van der Waals surface area contributed by atoms with Gasteiger partial charge in [-0.2, -0.15) is 0 Å². The molecule has 1 aromatic rings. The number of likely N-dealkylation sites (tertiary alicyclic amines) is 1. The van der Waals surface area contributed by atoms with Crippen LogP contribution >= 0.6 is 12.2 Å². The molecule has 5 nitrogen and oxygen atoms in total. The maximum Gasteiger partial charge on any atom is 0.246 e. The van der Waals surface area contributed by atoms with E-state index in [0.717, 1.165) is 31.4 Å². The van der Waals surface area contributed by atoms with Gasteiger partial charge in [-0.15, -0.1) is 0 Å². The lowest BCUT2D eigenvalue weighted by Gasteiger charge is -2.41. The average Bonchev–Trinajstić information content (AvgIpc) is 2.53. The molecule has 2 aliphatic rings. The molecule has 1 aromatic carbocycles. The van der Waals surface area contributed by atoms with Crippen molar-refractivity contribution < 1.29 is 9.59 Å². The molecule has 23 heavy (non-hydrogen) atoms. The monoisotopic (exact) mass is 331 g/mol. The van der Waals surface area contributed by atoms with Gasteiger partial charge in [0.05, 0.1) is 0 Å². The van der Waals surface area contributed by atoms with Gasteiger partial charge >= 0.3 is 0 Å². The summed E-state index contributed by atoms with van der Waals surface area (Å²) in [5, 5.41) is 5.38. The maximum atomic E-state index is 12.8. The lowest BCUT2D eigenvalue weighted by molar-refractivity contribution is -0.139. The highest BCUT2D eigenvalue weighted by Gasteiger charge is 2.52. The van der Waals surface area contributed by atoms with E-state index in [1.165, 1.54) is 0 Å². The van der Waals surface area contributed by atoms with Crippen LogP contribution in [-0.4, -0.2) is 41.5 Å². The number of nitrogens with one attached hydrogen (secondary N) is 2. The largest absolute Gasteiger partial charge is 0.303 e. The predicted octanol–water partition coefficient (Wildman–Crippen LogP) is 1.33. The minimum absolute atomic E-state index is 0.0866. The Bertz CT molecular complexity index is 612. The summed E-state index contributed by atoms with van der Waals surface area (Å²) in [5.74, 6) is -0.646. The van der Waals surface area contributed by atoms with Crippen molar-refractivity contribution in [2.75, 3.05) is 13.6 Å². The number of hydrogen-bond acceptors (Lipinski definition) is 4. The summed E-state index contributed by atoms with van der Waals surface area (Å²) in [6, 6.07) is 9.48. The third-order valence-electron chi connectivity index (χ3n) is 4.96. The molecule has 2 amide bonds. The van der Waals surface area contributed by atoms with Crippen molar-refractivity contribution >= 4 is 29.1 Å². The minimum atomic E-state index is -1.22. The number of amides is 2. The van der Waals surface area contributed by atoms with Crippen LogP contribution in [0.5, 0.6) is 0 Å². The van der Waals surface area contributed by atoms with E-state index in [0.29, 0.717) is 6.42 Å². The first-order valence-electron chi connectivity index (χ1n) is 7.96. The highest BCUT2D eigenvalue weighted by atomic mass is 32.1. The molecule has 2 aliphatic heterocycles. The van der Waals surface area contributed by atoms with E-state index < -0.39 is 5.41 Å². The van der Waals surface area contributed by atoms with Crippen LogP contribution in [0.4, 0.5) is 0 Å². The number of piperidine rings is 1. The fraction of sp³-hybridized carbons (Fsp3) is 0.471. The molecule has 0 radical (unpaired) electrons. The molecule has 0 spiro atoms. The van der Waals surface area contributed by atoms with E-state index in [1.807, 2.05) is 30.3 Å². The molecular formula is C17H21N3O2S. The first kappa shape index (κ1) is 16.1. The summed E-state index contributed by atoms with van der Waals surface area (Å²) in [6.45, 7) is 0.997. The predicted molar refractivity (Wildman–Crippen MR) is 91.9 cm³/mol. The SMILES string of the molecule is CN1CCCCC1CC1(c2ccccc2)C(=O)NC(=S)NC1=O. The standard InChI is InChI=1S/C17H21N3O2S/c1-20-10-6-5-9-13(20)11-17(12-7-3-2-4-8-12)14(21)18-16(23)19-15(17)22/h2-4,7-8,13H,5-6,9-11H2,1H3,(H2,18,19,21,22,23). The van der Waals surface area contributed by atoms with Crippen LogP contribution in [0.25, 0.3) is 0 Å². The summed E-state index contributed by atoms with van der Waals surface area (Å²) in [7, 11) is 2.06. The van der Waals surface area contributed by atoms with Crippen molar-refractivity contribution in [1.82, 2.24) is 15.5 Å². The number of benzene rings is 1. The number of nitrogens with zero attached hydrogens (tertiary/aromatic N) is 1. The van der Waals surface area contributed by atoms with Crippen LogP contribution in [0.2, 0.25) is 0 Å². The third kappa shape index (κ3) is 2.88. The van der Waals surface area contributed by atoms with Crippen molar-refractivity contribution in [2.45, 2.75) is 37.1 Å². The quantitative estimate of drug-likeness (QED) is 0.648. The summed E-state index contributed by atoms with van der Waals surface area (Å²) in [5.41, 5.74) is -0.503. The Morgan fingerprint density at radius 2 is 1.83 bits per heavy atom. The summed E-state index contributed by atoms with van der Waals surface area (Å²) in [6.07, 6.45) is 3.75. The van der Waals surface area contributed by atoms with Crippen LogP contribution in [0.3, 0.4) is 0 Å². The molecule has 0 bridgehead atoms. The average molecular weight is 331 g/mol. The zero-order valence-corrected chi connectivity index (χ0v) is 14.0. The molecule has 0 aliphatic carbocycles. The number of thiocarbonyl (C=S) groups is 1. The van der Waals surface area contributed by atoms with E-state index >= 15 is 0 Å². The molecule has 6 heteroatoms. The lowest BCUT2D eigenvalue weighted by Crippen LogP contribution is -2.66. The van der Waals surface area contributed by atoms with Crippen LogP contribution < -0.4 is 10.6 Å². The van der Waals surface area contributed by atoms with E-state index in [9.17, 15) is 9.59 Å². The Hall–Kier alpha value is -1.79. The Labute approximate surface area is 141 Å². The second-order valence-corrected chi connectivity index (χ2v) is 6.75. The van der Waals surface area contributed by atoms with E-state index in [4.69, 9.17) is 12.2 Å². The fourth-order valence-corrected chi connectivity index (χ4v) is 3.78. The van der Waals surface area contributed by atoms with Crippen molar-refractivity contribution in [3.05, 3.63) is 35.9 Å². The Kier molecular flexibility index (Phi) is 4.46. The zero-order chi connectivity index (χ0) is 16.4. The highest BCUT2D eigenvalue weighted by Crippen LogP contribution is 2.35. The van der Waals surface area contributed by atoms with E-state index in [-0.39, 0.29) is 23.0 Å². The second-order valence-electron chi connectivity index (χ2n) is 6.34. The van der Waals surface area contributed by atoms with Crippen LogP contribution in [0.15, 0.2) is 30.3 Å². The normalized spacial score (nSPS) is 24.9. The van der Waals surface area contributed by atoms with Gasteiger partial charge in [-0.25, -0.2) is 0 Å². The lowest BCUT2D eigenvalue weighted by atomic mass is 9.71. The summed E-state index contributed by atoms with van der Waals surface area (Å²) < 4.78 is 0. The third-order valence-corrected chi connectivity index (χ3v) is 5.16. The van der Waals surface area contributed by atoms with Crippen molar-refractivity contribution in [3.8, 4) is 0 Å². The second kappa shape index (κ2) is 6.37. The van der Waals surface area contributed by atoms with E-state index in [2.05, 4.69) is 22.6 Å². The highest BCUT2D eigenvalue weighted by molar-refractivity contribution is 7.80. The van der Waals surface area contributed by atoms with Crippen LogP contribution in [0.1, 0.15) is 31.2 Å². The summed E-state index contributed by atoms with van der Waals surface area (Å²) in [4.78, 5) is 27.9. The number of carbonyl (C=O) groups excluding carboxylic acids is 2. The van der Waals surface area contributed by atoms with Gasteiger partial charge in [0, 0.05) is 6.04 Å². The zero-order valence-electron chi connectivity index (χ0n) is 13.2. The minimum Gasteiger partial charge on any atom is -0.303 e. The molecule has 2 heterocycles. The number of carbonyl (C=O) groups is 2. The van der Waals surface area contributed by atoms with Gasteiger partial charge < -0.3 is 15.5 Å². The molecule has 2 fully saturated rings. The molecule has 2 saturated heterocycles. The van der Waals surface area contributed by atoms with Crippen LogP contribution in [-0.2, 0) is 15.0 Å². The van der Waals surface area contributed by atoms with Crippen molar-refractivity contribution in [2.24, 2.45) is 0 Å². The van der Waals surface area contributed by atoms with Gasteiger partial charge in [0.2, 0.25) is 11.8 Å². The van der Waals surface area contributed by atoms with Gasteiger partial charge in [0.25, 0.3) is 0 Å².